The second-order valence-electron chi connectivity index (χ2n) is 4.61. The van der Waals surface area contributed by atoms with Crippen LogP contribution in [-0.4, -0.2) is 36.1 Å². The number of hydrogen-bond donors (Lipinski definition) is 1. The maximum Gasteiger partial charge on any atom is 0.289 e. The first-order valence-electron chi connectivity index (χ1n) is 6.72. The number of likely N-dealkylation sites (N-methyl/N-ethyl adjacent to an activating group) is 1. The SMILES string of the molecule is CN(CCO)C(=O)c1ccc(COc2ccccc2C#N)o1. The Morgan fingerprint density at radius 2 is 2.14 bits per heavy atom. The van der Waals surface area contributed by atoms with E-state index in [1.54, 1.807) is 43.4 Å². The Balaban J connectivity index is 2.01. The number of para-hydroxylation sites is 1. The molecule has 0 spiro atoms. The Hall–Kier alpha value is -2.78. The summed E-state index contributed by atoms with van der Waals surface area (Å²) in [7, 11) is 1.58. The van der Waals surface area contributed by atoms with Crippen LogP contribution in [0.15, 0.2) is 40.8 Å². The molecule has 1 aromatic carbocycles. The van der Waals surface area contributed by atoms with Gasteiger partial charge in [0.1, 0.15) is 24.2 Å². The highest BCUT2D eigenvalue weighted by atomic mass is 16.5. The molecule has 2 aromatic rings. The zero-order valence-electron chi connectivity index (χ0n) is 12.2. The van der Waals surface area contributed by atoms with Crippen molar-refractivity contribution in [3.8, 4) is 11.8 Å². The monoisotopic (exact) mass is 300 g/mol. The lowest BCUT2D eigenvalue weighted by Crippen LogP contribution is -2.29. The average molecular weight is 300 g/mol. The summed E-state index contributed by atoms with van der Waals surface area (Å²) < 4.78 is 11.0. The van der Waals surface area contributed by atoms with Crippen LogP contribution in [0, 0.1) is 11.3 Å². The van der Waals surface area contributed by atoms with E-state index in [-0.39, 0.29) is 31.4 Å². The predicted molar refractivity (Wildman–Crippen MR) is 78.2 cm³/mol. The molecule has 0 unspecified atom stereocenters. The number of nitriles is 1. The lowest BCUT2D eigenvalue weighted by molar-refractivity contribution is 0.0731. The molecule has 1 amide bonds. The smallest absolute Gasteiger partial charge is 0.289 e. The Bertz CT molecular complexity index is 687. The topological polar surface area (TPSA) is 86.7 Å². The molecular weight excluding hydrogens is 284 g/mol. The van der Waals surface area contributed by atoms with Crippen molar-refractivity contribution in [2.75, 3.05) is 20.2 Å². The van der Waals surface area contributed by atoms with Crippen LogP contribution in [0.5, 0.6) is 5.75 Å². The Morgan fingerprint density at radius 1 is 1.36 bits per heavy atom. The molecule has 0 bridgehead atoms. The fourth-order valence-electron chi connectivity index (χ4n) is 1.84. The molecule has 0 fully saturated rings. The van der Waals surface area contributed by atoms with Gasteiger partial charge in [0.05, 0.1) is 12.2 Å². The number of aliphatic hydroxyl groups is 1. The van der Waals surface area contributed by atoms with Gasteiger partial charge in [-0.3, -0.25) is 4.79 Å². The van der Waals surface area contributed by atoms with Crippen molar-refractivity contribution in [1.29, 1.82) is 5.26 Å². The van der Waals surface area contributed by atoms with E-state index in [1.807, 2.05) is 6.07 Å². The second kappa shape index (κ2) is 7.29. The van der Waals surface area contributed by atoms with Crippen molar-refractivity contribution in [3.63, 3.8) is 0 Å². The van der Waals surface area contributed by atoms with Crippen molar-refractivity contribution in [2.45, 2.75) is 6.61 Å². The predicted octanol–water partition coefficient (Wildman–Crippen LogP) is 1.79. The highest BCUT2D eigenvalue weighted by Crippen LogP contribution is 2.19. The van der Waals surface area contributed by atoms with Crippen LogP contribution >= 0.6 is 0 Å². The fourth-order valence-corrected chi connectivity index (χ4v) is 1.84. The minimum atomic E-state index is -0.308. The molecule has 0 aliphatic carbocycles. The molecule has 1 N–H and O–H groups in total. The lowest BCUT2D eigenvalue weighted by Gasteiger charge is -2.13. The molecule has 0 aliphatic heterocycles. The van der Waals surface area contributed by atoms with Crippen molar-refractivity contribution in [3.05, 3.63) is 53.5 Å². The van der Waals surface area contributed by atoms with Gasteiger partial charge >= 0.3 is 0 Å². The first-order valence-corrected chi connectivity index (χ1v) is 6.72. The van der Waals surface area contributed by atoms with Crippen LogP contribution in [0.3, 0.4) is 0 Å². The molecule has 114 valence electrons. The van der Waals surface area contributed by atoms with Gasteiger partial charge in [-0.15, -0.1) is 0 Å². The quantitative estimate of drug-likeness (QED) is 0.879. The van der Waals surface area contributed by atoms with E-state index in [2.05, 4.69) is 0 Å². The number of amides is 1. The van der Waals surface area contributed by atoms with Crippen LogP contribution in [0.2, 0.25) is 0 Å². The van der Waals surface area contributed by atoms with Crippen LogP contribution < -0.4 is 4.74 Å². The number of hydrogen-bond acceptors (Lipinski definition) is 5. The minimum absolute atomic E-state index is 0.107. The molecule has 0 aliphatic rings. The first-order chi connectivity index (χ1) is 10.7. The van der Waals surface area contributed by atoms with E-state index >= 15 is 0 Å². The average Bonchev–Trinajstić information content (AvgIpc) is 3.01. The standard InChI is InChI=1S/C16H16N2O4/c1-18(8-9-19)16(20)15-7-6-13(22-15)11-21-14-5-3-2-4-12(14)10-17/h2-7,19H,8-9,11H2,1H3. The van der Waals surface area contributed by atoms with Crippen molar-refractivity contribution >= 4 is 5.91 Å². The van der Waals surface area contributed by atoms with E-state index in [0.29, 0.717) is 17.1 Å². The number of benzene rings is 1. The van der Waals surface area contributed by atoms with Crippen LogP contribution in [0.1, 0.15) is 21.9 Å². The molecular formula is C16H16N2O4. The number of ether oxygens (including phenoxy) is 1. The summed E-state index contributed by atoms with van der Waals surface area (Å²) >= 11 is 0. The molecule has 6 heteroatoms. The number of nitrogens with zero attached hydrogens (tertiary/aromatic N) is 2. The summed E-state index contributed by atoms with van der Waals surface area (Å²) in [6.07, 6.45) is 0. The van der Waals surface area contributed by atoms with E-state index in [1.165, 1.54) is 4.90 Å². The number of aliphatic hydroxyl groups excluding tert-OH is 1. The number of rotatable bonds is 6. The molecule has 22 heavy (non-hydrogen) atoms. The lowest BCUT2D eigenvalue weighted by atomic mass is 10.2. The summed E-state index contributed by atoms with van der Waals surface area (Å²) in [6, 6.07) is 12.1. The van der Waals surface area contributed by atoms with Gasteiger partial charge in [0.15, 0.2) is 5.76 Å². The first kappa shape index (κ1) is 15.6. The second-order valence-corrected chi connectivity index (χ2v) is 4.61. The van der Waals surface area contributed by atoms with Gasteiger partial charge in [-0.05, 0) is 24.3 Å². The van der Waals surface area contributed by atoms with E-state index in [4.69, 9.17) is 19.5 Å². The van der Waals surface area contributed by atoms with Gasteiger partial charge in [-0.25, -0.2) is 0 Å². The third-order valence-electron chi connectivity index (χ3n) is 3.03. The maximum atomic E-state index is 12.0. The highest BCUT2D eigenvalue weighted by Gasteiger charge is 2.15. The zero-order chi connectivity index (χ0) is 15.9. The van der Waals surface area contributed by atoms with Crippen LogP contribution in [0.4, 0.5) is 0 Å². The molecule has 1 heterocycles. The van der Waals surface area contributed by atoms with Crippen LogP contribution in [0.25, 0.3) is 0 Å². The van der Waals surface area contributed by atoms with Gasteiger partial charge in [-0.2, -0.15) is 5.26 Å². The molecule has 6 nitrogen and oxygen atoms in total. The molecule has 0 atom stereocenters. The number of carbonyl (C=O) groups is 1. The summed E-state index contributed by atoms with van der Waals surface area (Å²) in [4.78, 5) is 13.3. The fraction of sp³-hybridized carbons (Fsp3) is 0.250. The van der Waals surface area contributed by atoms with Gasteiger partial charge in [0.25, 0.3) is 5.91 Å². The number of carbonyl (C=O) groups excluding carboxylic acids is 1. The Labute approximate surface area is 128 Å². The normalized spacial score (nSPS) is 10.0. The minimum Gasteiger partial charge on any atom is -0.484 e. The summed E-state index contributed by atoms with van der Waals surface area (Å²) in [5, 5.41) is 17.8. The van der Waals surface area contributed by atoms with Crippen molar-refractivity contribution < 1.29 is 19.1 Å². The summed E-state index contributed by atoms with van der Waals surface area (Å²) in [6.45, 7) is 0.250. The van der Waals surface area contributed by atoms with Gasteiger partial charge in [-0.1, -0.05) is 12.1 Å². The van der Waals surface area contributed by atoms with Crippen LogP contribution in [-0.2, 0) is 6.61 Å². The zero-order valence-corrected chi connectivity index (χ0v) is 12.2. The van der Waals surface area contributed by atoms with Crippen molar-refractivity contribution in [2.24, 2.45) is 0 Å². The highest BCUT2D eigenvalue weighted by molar-refractivity contribution is 5.91. The summed E-state index contributed by atoms with van der Waals surface area (Å²) in [5.74, 6) is 0.820. The molecule has 2 rings (SSSR count). The Morgan fingerprint density at radius 3 is 2.86 bits per heavy atom. The molecule has 0 radical (unpaired) electrons. The maximum absolute atomic E-state index is 12.0. The third-order valence-corrected chi connectivity index (χ3v) is 3.03. The largest absolute Gasteiger partial charge is 0.484 e. The number of furan rings is 1. The van der Waals surface area contributed by atoms with Gasteiger partial charge < -0.3 is 19.2 Å². The summed E-state index contributed by atoms with van der Waals surface area (Å²) in [5.41, 5.74) is 0.438. The van der Waals surface area contributed by atoms with Crippen molar-refractivity contribution in [1.82, 2.24) is 4.90 Å². The van der Waals surface area contributed by atoms with Gasteiger partial charge in [0.2, 0.25) is 0 Å². The van der Waals surface area contributed by atoms with E-state index in [9.17, 15) is 4.79 Å². The Kier molecular flexibility index (Phi) is 5.17. The van der Waals surface area contributed by atoms with Gasteiger partial charge in [0, 0.05) is 13.6 Å². The van der Waals surface area contributed by atoms with E-state index < -0.39 is 0 Å². The molecule has 1 aromatic heterocycles. The molecule has 0 saturated carbocycles. The third kappa shape index (κ3) is 3.65. The molecule has 0 saturated heterocycles. The van der Waals surface area contributed by atoms with E-state index in [0.717, 1.165) is 0 Å².